The molecule has 0 unspecified atom stereocenters. The summed E-state index contributed by atoms with van der Waals surface area (Å²) in [6.07, 6.45) is 1.05. The Bertz CT molecular complexity index is 844. The van der Waals surface area contributed by atoms with E-state index < -0.39 is 0 Å². The van der Waals surface area contributed by atoms with E-state index in [1.807, 2.05) is 43.4 Å². The second kappa shape index (κ2) is 11.9. The van der Waals surface area contributed by atoms with Crippen LogP contribution in [0.15, 0.2) is 53.7 Å². The molecule has 0 aliphatic carbocycles. The number of hydrogen-bond donors (Lipinski definition) is 1. The third-order valence-electron chi connectivity index (χ3n) is 3.86. The average molecular weight is 440 g/mol. The number of rotatable bonds is 10. The van der Waals surface area contributed by atoms with Crippen molar-refractivity contribution in [3.8, 4) is 5.75 Å². The van der Waals surface area contributed by atoms with Crippen LogP contribution in [0.3, 0.4) is 0 Å². The first-order valence-electron chi connectivity index (χ1n) is 8.73. The van der Waals surface area contributed by atoms with Gasteiger partial charge in [-0.15, -0.1) is 17.5 Å². The predicted molar refractivity (Wildman–Crippen MR) is 115 cm³/mol. The highest BCUT2D eigenvalue weighted by molar-refractivity contribution is 7.99. The lowest BCUT2D eigenvalue weighted by atomic mass is 10.2. The molecule has 0 atom stereocenters. The highest BCUT2D eigenvalue weighted by Crippen LogP contribution is 2.17. The Balaban J connectivity index is 0.00000280. The van der Waals surface area contributed by atoms with Gasteiger partial charge in [0.05, 0.1) is 0 Å². The summed E-state index contributed by atoms with van der Waals surface area (Å²) in [7, 11) is 1.85. The van der Waals surface area contributed by atoms with Crippen molar-refractivity contribution in [2.75, 3.05) is 12.3 Å². The molecule has 0 radical (unpaired) electrons. The molecule has 0 bridgehead atoms. The van der Waals surface area contributed by atoms with Crippen molar-refractivity contribution in [2.24, 2.45) is 7.05 Å². The minimum absolute atomic E-state index is 0. The fraction of sp³-hybridized carbons (Fsp3) is 0.316. The number of nitrogens with zero attached hydrogens (tertiary/aromatic N) is 4. The van der Waals surface area contributed by atoms with Crippen LogP contribution in [0.1, 0.15) is 17.5 Å². The number of aromatic nitrogens is 4. The molecule has 150 valence electrons. The van der Waals surface area contributed by atoms with Crippen molar-refractivity contribution in [1.29, 1.82) is 0 Å². The van der Waals surface area contributed by atoms with E-state index in [1.54, 1.807) is 16.4 Å². The third-order valence-corrected chi connectivity index (χ3v) is 5.21. The van der Waals surface area contributed by atoms with Gasteiger partial charge in [0, 0.05) is 24.4 Å². The zero-order chi connectivity index (χ0) is 18.9. The molecule has 2 aromatic carbocycles. The number of halogens is 2. The smallest absolute Gasteiger partial charge is 0.209 e. The van der Waals surface area contributed by atoms with Gasteiger partial charge in [-0.05, 0) is 58.8 Å². The highest BCUT2D eigenvalue weighted by Gasteiger charge is 2.02. The van der Waals surface area contributed by atoms with Gasteiger partial charge in [0.2, 0.25) is 5.16 Å². The van der Waals surface area contributed by atoms with Gasteiger partial charge in [-0.2, -0.15) is 0 Å². The van der Waals surface area contributed by atoms with Gasteiger partial charge in [-0.25, -0.2) is 4.68 Å². The van der Waals surface area contributed by atoms with Crippen LogP contribution in [0.25, 0.3) is 0 Å². The van der Waals surface area contributed by atoms with Crippen molar-refractivity contribution in [3.63, 3.8) is 0 Å². The molecule has 3 aromatic rings. The number of thioether (sulfide) groups is 1. The lowest BCUT2D eigenvalue weighted by Gasteiger charge is -2.09. The maximum absolute atomic E-state index is 5.90. The van der Waals surface area contributed by atoms with E-state index in [1.165, 1.54) is 5.56 Å². The van der Waals surface area contributed by atoms with Crippen LogP contribution in [-0.2, 0) is 20.2 Å². The molecule has 0 amide bonds. The van der Waals surface area contributed by atoms with Gasteiger partial charge in [0.25, 0.3) is 0 Å². The Hall–Kier alpha value is -1.80. The molecule has 1 heterocycles. The summed E-state index contributed by atoms with van der Waals surface area (Å²) in [4.78, 5) is 0. The van der Waals surface area contributed by atoms with Crippen molar-refractivity contribution in [1.82, 2.24) is 25.5 Å². The number of ether oxygens (including phenoxy) is 1. The first kappa shape index (κ1) is 22.5. The molecule has 0 aliphatic heterocycles. The molecular formula is C19H23Cl2N5OS. The second-order valence-corrected chi connectivity index (χ2v) is 7.52. The zero-order valence-electron chi connectivity index (χ0n) is 15.5. The van der Waals surface area contributed by atoms with Gasteiger partial charge in [-0.3, -0.25) is 0 Å². The van der Waals surface area contributed by atoms with Crippen LogP contribution in [0.2, 0.25) is 5.02 Å². The van der Waals surface area contributed by atoms with E-state index in [0.29, 0.717) is 6.61 Å². The van der Waals surface area contributed by atoms with Gasteiger partial charge in [0.15, 0.2) is 0 Å². The van der Waals surface area contributed by atoms with Crippen molar-refractivity contribution < 1.29 is 4.74 Å². The van der Waals surface area contributed by atoms with E-state index in [2.05, 4.69) is 33.0 Å². The molecule has 1 aromatic heterocycles. The van der Waals surface area contributed by atoms with Gasteiger partial charge >= 0.3 is 0 Å². The maximum Gasteiger partial charge on any atom is 0.209 e. The molecule has 0 spiro atoms. The summed E-state index contributed by atoms with van der Waals surface area (Å²) in [5.41, 5.74) is 2.30. The lowest BCUT2D eigenvalue weighted by molar-refractivity contribution is 0.306. The summed E-state index contributed by atoms with van der Waals surface area (Å²) in [5, 5.41) is 16.5. The second-order valence-electron chi connectivity index (χ2n) is 6.03. The number of nitrogens with one attached hydrogen (secondary N) is 1. The Kier molecular flexibility index (Phi) is 9.57. The molecule has 6 nitrogen and oxygen atoms in total. The van der Waals surface area contributed by atoms with Crippen LogP contribution >= 0.6 is 35.8 Å². The van der Waals surface area contributed by atoms with Gasteiger partial charge in [0.1, 0.15) is 12.4 Å². The molecular weight excluding hydrogens is 417 g/mol. The highest BCUT2D eigenvalue weighted by atomic mass is 35.5. The Morgan fingerprint density at radius 3 is 2.71 bits per heavy atom. The minimum atomic E-state index is 0. The SMILES string of the molecule is Cl.Cn1nnnc1SCCCNCc1cccc(OCc2ccc(Cl)cc2)c1. The fourth-order valence-corrected chi connectivity index (χ4v) is 3.34. The van der Waals surface area contributed by atoms with E-state index >= 15 is 0 Å². The number of benzene rings is 2. The van der Waals surface area contributed by atoms with Crippen LogP contribution in [-0.4, -0.2) is 32.5 Å². The summed E-state index contributed by atoms with van der Waals surface area (Å²) < 4.78 is 7.56. The van der Waals surface area contributed by atoms with Crippen LogP contribution < -0.4 is 10.1 Å². The first-order valence-corrected chi connectivity index (χ1v) is 10.1. The van der Waals surface area contributed by atoms with Crippen molar-refractivity contribution in [2.45, 2.75) is 24.7 Å². The quantitative estimate of drug-likeness (QED) is 0.378. The largest absolute Gasteiger partial charge is 0.489 e. The first-order chi connectivity index (χ1) is 13.2. The zero-order valence-corrected chi connectivity index (χ0v) is 17.9. The topological polar surface area (TPSA) is 64.9 Å². The molecule has 1 N–H and O–H groups in total. The van der Waals surface area contributed by atoms with E-state index in [9.17, 15) is 0 Å². The molecule has 3 rings (SSSR count). The lowest BCUT2D eigenvalue weighted by Crippen LogP contribution is -2.15. The maximum atomic E-state index is 5.90. The van der Waals surface area contributed by atoms with E-state index in [4.69, 9.17) is 16.3 Å². The van der Waals surface area contributed by atoms with Crippen molar-refractivity contribution >= 4 is 35.8 Å². The standard InChI is InChI=1S/C19H22ClN5OS.ClH/c1-25-19(22-23-24-25)27-11-3-10-21-13-16-4-2-5-18(12-16)26-14-15-6-8-17(20)9-7-15;/h2,4-9,12,21H,3,10-11,13-14H2,1H3;1H. The summed E-state index contributed by atoms with van der Waals surface area (Å²) in [6, 6.07) is 15.9. The van der Waals surface area contributed by atoms with Crippen LogP contribution in [0, 0.1) is 0 Å². The van der Waals surface area contributed by atoms with E-state index in [-0.39, 0.29) is 12.4 Å². The molecule has 28 heavy (non-hydrogen) atoms. The number of aryl methyl sites for hydroxylation is 1. The molecule has 0 aliphatic rings. The van der Waals surface area contributed by atoms with Gasteiger partial charge in [-0.1, -0.05) is 47.6 Å². The molecule has 0 fully saturated rings. The number of hydrogen-bond acceptors (Lipinski definition) is 6. The normalized spacial score (nSPS) is 10.5. The third kappa shape index (κ3) is 7.31. The Morgan fingerprint density at radius 2 is 1.96 bits per heavy atom. The Morgan fingerprint density at radius 1 is 1.14 bits per heavy atom. The van der Waals surface area contributed by atoms with E-state index in [0.717, 1.165) is 46.8 Å². The monoisotopic (exact) mass is 439 g/mol. The molecule has 0 saturated carbocycles. The van der Waals surface area contributed by atoms with Gasteiger partial charge < -0.3 is 10.1 Å². The van der Waals surface area contributed by atoms with Crippen LogP contribution in [0.4, 0.5) is 0 Å². The fourth-order valence-electron chi connectivity index (χ4n) is 2.43. The predicted octanol–water partition coefficient (Wildman–Crippen LogP) is 4.14. The van der Waals surface area contributed by atoms with Crippen molar-refractivity contribution in [3.05, 3.63) is 64.7 Å². The van der Waals surface area contributed by atoms with Crippen LogP contribution in [0.5, 0.6) is 5.75 Å². The molecule has 9 heteroatoms. The minimum Gasteiger partial charge on any atom is -0.489 e. The number of tetrazole rings is 1. The summed E-state index contributed by atoms with van der Waals surface area (Å²) >= 11 is 7.57. The average Bonchev–Trinajstić information content (AvgIpc) is 3.09. The Labute approximate surface area is 180 Å². The molecule has 0 saturated heterocycles. The summed E-state index contributed by atoms with van der Waals surface area (Å²) in [6.45, 7) is 2.28. The summed E-state index contributed by atoms with van der Waals surface area (Å²) in [5.74, 6) is 1.85.